The molecular weight excluding hydrogens is 240 g/mol. The van der Waals surface area contributed by atoms with Gasteiger partial charge in [-0.05, 0) is 49.2 Å². The van der Waals surface area contributed by atoms with E-state index >= 15 is 0 Å². The van der Waals surface area contributed by atoms with Crippen molar-refractivity contribution in [2.24, 2.45) is 16.7 Å². The molecule has 0 aromatic heterocycles. The summed E-state index contributed by atoms with van der Waals surface area (Å²) in [5, 5.41) is 0. The molecular formula is C16H20O3. The minimum atomic E-state index is -0.899. The van der Waals surface area contributed by atoms with Crippen LogP contribution in [0.25, 0.3) is 0 Å². The lowest BCUT2D eigenvalue weighted by Crippen LogP contribution is -2.44. The molecule has 0 aromatic carbocycles. The standard InChI is InChI=1S/C16H20O3/c1-15(2)11-8-9-16(15,13(17)10-11)14(18)19-12-6-4-3-5-7-12/h4,6-7,11H,3,5,8-10H2,1-2H3/t11-,16+/m1/s1. The monoisotopic (exact) mass is 260 g/mol. The van der Waals surface area contributed by atoms with Crippen LogP contribution < -0.4 is 0 Å². The smallest absolute Gasteiger partial charge is 0.325 e. The van der Waals surface area contributed by atoms with Crippen LogP contribution in [0.5, 0.6) is 0 Å². The van der Waals surface area contributed by atoms with Gasteiger partial charge in [-0.2, -0.15) is 0 Å². The second-order valence-electron chi connectivity index (χ2n) is 6.47. The number of Topliss-reactive ketones (excluding diaryl/α,β-unsaturated/α-hetero) is 1. The van der Waals surface area contributed by atoms with E-state index in [0.717, 1.165) is 19.3 Å². The number of ether oxygens (including phenoxy) is 1. The number of fused-ring (bicyclic) bond motifs is 2. The van der Waals surface area contributed by atoms with Crippen LogP contribution in [-0.2, 0) is 14.3 Å². The highest BCUT2D eigenvalue weighted by molar-refractivity contribution is 6.07. The summed E-state index contributed by atoms with van der Waals surface area (Å²) >= 11 is 0. The molecule has 0 amide bonds. The van der Waals surface area contributed by atoms with Gasteiger partial charge in [-0.3, -0.25) is 9.59 Å². The predicted octanol–water partition coefficient (Wildman–Crippen LogP) is 3.16. The van der Waals surface area contributed by atoms with E-state index in [4.69, 9.17) is 4.74 Å². The number of carbonyl (C=O) groups is 2. The molecule has 0 aliphatic heterocycles. The Morgan fingerprint density at radius 1 is 1.37 bits per heavy atom. The van der Waals surface area contributed by atoms with Gasteiger partial charge in [0, 0.05) is 6.42 Å². The van der Waals surface area contributed by atoms with Gasteiger partial charge < -0.3 is 4.74 Å². The van der Waals surface area contributed by atoms with E-state index in [0.29, 0.717) is 24.5 Å². The third-order valence-corrected chi connectivity index (χ3v) is 5.42. The number of allylic oxidation sites excluding steroid dienone is 3. The van der Waals surface area contributed by atoms with E-state index in [1.165, 1.54) is 0 Å². The van der Waals surface area contributed by atoms with Crippen molar-refractivity contribution >= 4 is 11.8 Å². The van der Waals surface area contributed by atoms with Crippen LogP contribution in [-0.4, -0.2) is 11.8 Å². The number of hydrogen-bond acceptors (Lipinski definition) is 3. The maximum absolute atomic E-state index is 12.6. The fourth-order valence-electron chi connectivity index (χ4n) is 4.01. The van der Waals surface area contributed by atoms with Gasteiger partial charge in [0.05, 0.1) is 0 Å². The molecule has 0 saturated heterocycles. The van der Waals surface area contributed by atoms with E-state index in [1.807, 2.05) is 32.1 Å². The highest BCUT2D eigenvalue weighted by Gasteiger charge is 2.69. The van der Waals surface area contributed by atoms with Crippen LogP contribution in [0.3, 0.4) is 0 Å². The number of carbonyl (C=O) groups excluding carboxylic acids is 2. The largest absolute Gasteiger partial charge is 0.426 e. The second kappa shape index (κ2) is 4.06. The van der Waals surface area contributed by atoms with Crippen molar-refractivity contribution in [3.63, 3.8) is 0 Å². The molecule has 3 aliphatic rings. The van der Waals surface area contributed by atoms with Gasteiger partial charge >= 0.3 is 5.97 Å². The number of ketones is 1. The maximum atomic E-state index is 12.6. The zero-order valence-electron chi connectivity index (χ0n) is 11.6. The highest BCUT2D eigenvalue weighted by Crippen LogP contribution is 2.64. The predicted molar refractivity (Wildman–Crippen MR) is 71.1 cm³/mol. The molecule has 3 rings (SSSR count). The molecule has 19 heavy (non-hydrogen) atoms. The summed E-state index contributed by atoms with van der Waals surface area (Å²) in [6.45, 7) is 4.09. The molecule has 3 nitrogen and oxygen atoms in total. The minimum Gasteiger partial charge on any atom is -0.426 e. The van der Waals surface area contributed by atoms with Gasteiger partial charge in [0.2, 0.25) is 0 Å². The lowest BCUT2D eigenvalue weighted by atomic mass is 9.69. The van der Waals surface area contributed by atoms with E-state index < -0.39 is 5.41 Å². The lowest BCUT2D eigenvalue weighted by Gasteiger charge is -2.34. The fourth-order valence-corrected chi connectivity index (χ4v) is 4.01. The summed E-state index contributed by atoms with van der Waals surface area (Å²) in [7, 11) is 0. The van der Waals surface area contributed by atoms with Crippen molar-refractivity contribution in [2.75, 3.05) is 0 Å². The molecule has 102 valence electrons. The fraction of sp³-hybridized carbons (Fsp3) is 0.625. The third kappa shape index (κ3) is 1.57. The molecule has 0 aromatic rings. The maximum Gasteiger partial charge on any atom is 0.325 e. The Bertz CT molecular complexity index is 498. The van der Waals surface area contributed by atoms with Gasteiger partial charge in [-0.25, -0.2) is 0 Å². The molecule has 0 spiro atoms. The van der Waals surface area contributed by atoms with Crippen molar-refractivity contribution in [2.45, 2.75) is 46.0 Å². The first-order valence-corrected chi connectivity index (χ1v) is 7.11. The van der Waals surface area contributed by atoms with E-state index in [-0.39, 0.29) is 17.2 Å². The van der Waals surface area contributed by atoms with Crippen LogP contribution in [0, 0.1) is 16.7 Å². The molecule has 0 radical (unpaired) electrons. The van der Waals surface area contributed by atoms with Crippen LogP contribution in [0.15, 0.2) is 24.0 Å². The molecule has 2 bridgehead atoms. The average molecular weight is 260 g/mol. The van der Waals surface area contributed by atoms with Crippen LogP contribution in [0.2, 0.25) is 0 Å². The first-order chi connectivity index (χ1) is 8.98. The molecule has 3 aliphatic carbocycles. The number of rotatable bonds is 2. The first-order valence-electron chi connectivity index (χ1n) is 7.11. The molecule has 0 N–H and O–H groups in total. The summed E-state index contributed by atoms with van der Waals surface area (Å²) in [5.74, 6) is 0.687. The summed E-state index contributed by atoms with van der Waals surface area (Å²) in [4.78, 5) is 24.9. The average Bonchev–Trinajstić information content (AvgIpc) is 2.74. The van der Waals surface area contributed by atoms with E-state index in [9.17, 15) is 9.59 Å². The molecule has 2 fully saturated rings. The molecule has 0 unspecified atom stereocenters. The van der Waals surface area contributed by atoms with Gasteiger partial charge in [0.1, 0.15) is 11.2 Å². The normalized spacial score (nSPS) is 35.4. The Hall–Kier alpha value is -1.38. The van der Waals surface area contributed by atoms with Crippen LogP contribution >= 0.6 is 0 Å². The Morgan fingerprint density at radius 2 is 2.16 bits per heavy atom. The molecule has 3 heteroatoms. The van der Waals surface area contributed by atoms with E-state index in [2.05, 4.69) is 0 Å². The second-order valence-corrected chi connectivity index (χ2v) is 6.47. The van der Waals surface area contributed by atoms with Crippen LogP contribution in [0.1, 0.15) is 46.0 Å². The van der Waals surface area contributed by atoms with Crippen molar-refractivity contribution < 1.29 is 14.3 Å². The number of esters is 1. The van der Waals surface area contributed by atoms with E-state index in [1.54, 1.807) is 0 Å². The van der Waals surface area contributed by atoms with Gasteiger partial charge in [0.15, 0.2) is 5.78 Å². The highest BCUT2D eigenvalue weighted by atomic mass is 16.5. The summed E-state index contributed by atoms with van der Waals surface area (Å²) in [6.07, 6.45) is 9.79. The van der Waals surface area contributed by atoms with Crippen LogP contribution in [0.4, 0.5) is 0 Å². The van der Waals surface area contributed by atoms with Gasteiger partial charge in [-0.1, -0.05) is 19.9 Å². The lowest BCUT2D eigenvalue weighted by molar-refractivity contribution is -0.160. The Kier molecular flexibility index (Phi) is 2.70. The molecule has 2 atom stereocenters. The van der Waals surface area contributed by atoms with Crippen molar-refractivity contribution in [3.05, 3.63) is 24.0 Å². The quantitative estimate of drug-likeness (QED) is 0.566. The van der Waals surface area contributed by atoms with Crippen molar-refractivity contribution in [1.29, 1.82) is 0 Å². The third-order valence-electron chi connectivity index (χ3n) is 5.42. The van der Waals surface area contributed by atoms with Crippen molar-refractivity contribution in [1.82, 2.24) is 0 Å². The summed E-state index contributed by atoms with van der Waals surface area (Å²) in [6, 6.07) is 0. The molecule has 2 saturated carbocycles. The Labute approximate surface area is 113 Å². The van der Waals surface area contributed by atoms with Crippen molar-refractivity contribution in [3.8, 4) is 0 Å². The Morgan fingerprint density at radius 3 is 2.68 bits per heavy atom. The summed E-state index contributed by atoms with van der Waals surface area (Å²) < 4.78 is 5.52. The summed E-state index contributed by atoms with van der Waals surface area (Å²) in [5.41, 5.74) is -1.16. The first kappa shape index (κ1) is 12.6. The zero-order valence-corrected chi connectivity index (χ0v) is 11.6. The SMILES string of the molecule is CC1(C)[C@@H]2CC[C@@]1(C(=O)OC1=CCCC=C1)C(=O)C2. The zero-order chi connectivity index (χ0) is 13.7. The number of hydrogen-bond donors (Lipinski definition) is 0. The van der Waals surface area contributed by atoms with Gasteiger partial charge in [0.25, 0.3) is 0 Å². The van der Waals surface area contributed by atoms with Gasteiger partial charge in [-0.15, -0.1) is 0 Å². The Balaban J connectivity index is 1.88. The minimum absolute atomic E-state index is 0.0825. The molecule has 0 heterocycles. The topological polar surface area (TPSA) is 43.4 Å².